The molecule has 2 aromatic heterocycles. The Kier molecular flexibility index (Phi) is 4.45. The first-order chi connectivity index (χ1) is 12.9. The van der Waals surface area contributed by atoms with E-state index >= 15 is 0 Å². The Balaban J connectivity index is 1.59. The molecular formula is C18H18F3N5O. The van der Waals surface area contributed by atoms with Crippen LogP contribution in [0.2, 0.25) is 0 Å². The van der Waals surface area contributed by atoms with Crippen LogP contribution in [-0.4, -0.2) is 51.1 Å². The molecule has 1 unspecified atom stereocenters. The minimum Gasteiger partial charge on any atom is -0.358 e. The van der Waals surface area contributed by atoms with Gasteiger partial charge in [-0.2, -0.15) is 13.2 Å². The van der Waals surface area contributed by atoms with E-state index in [1.54, 1.807) is 24.5 Å². The van der Waals surface area contributed by atoms with Crippen molar-refractivity contribution in [2.45, 2.75) is 37.9 Å². The van der Waals surface area contributed by atoms with Crippen LogP contribution in [-0.2, 0) is 17.6 Å². The fraction of sp³-hybridized carbons (Fsp3) is 0.444. The Morgan fingerprint density at radius 3 is 2.70 bits per heavy atom. The molecule has 27 heavy (non-hydrogen) atoms. The van der Waals surface area contributed by atoms with Crippen molar-refractivity contribution >= 4 is 11.7 Å². The van der Waals surface area contributed by atoms with Gasteiger partial charge in [0.1, 0.15) is 18.4 Å². The molecule has 1 atom stereocenters. The fourth-order valence-corrected chi connectivity index (χ4v) is 3.59. The SMILES string of the molecule is O=C1C(Nc2nc(-c3ccncc3)nc3c2CCC3)CCN1CC(F)(F)F. The second kappa shape index (κ2) is 6.79. The Morgan fingerprint density at radius 2 is 1.96 bits per heavy atom. The highest BCUT2D eigenvalue weighted by molar-refractivity contribution is 5.87. The van der Waals surface area contributed by atoms with E-state index in [4.69, 9.17) is 0 Å². The lowest BCUT2D eigenvalue weighted by Gasteiger charge is -2.19. The van der Waals surface area contributed by atoms with Gasteiger partial charge >= 0.3 is 6.18 Å². The number of hydrogen-bond acceptors (Lipinski definition) is 5. The monoisotopic (exact) mass is 377 g/mol. The average Bonchev–Trinajstić information content (AvgIpc) is 3.23. The van der Waals surface area contributed by atoms with Gasteiger partial charge in [-0.15, -0.1) is 0 Å². The Labute approximate surface area is 153 Å². The van der Waals surface area contributed by atoms with Crippen LogP contribution in [0.1, 0.15) is 24.1 Å². The zero-order valence-corrected chi connectivity index (χ0v) is 14.5. The van der Waals surface area contributed by atoms with Crippen molar-refractivity contribution in [3.8, 4) is 11.4 Å². The molecule has 0 radical (unpaired) electrons. The van der Waals surface area contributed by atoms with Crippen LogP contribution in [0.3, 0.4) is 0 Å². The molecule has 1 aliphatic carbocycles. The summed E-state index contributed by atoms with van der Waals surface area (Å²) in [7, 11) is 0. The molecule has 4 rings (SSSR count). The molecule has 0 bridgehead atoms. The van der Waals surface area contributed by atoms with E-state index in [2.05, 4.69) is 20.3 Å². The topological polar surface area (TPSA) is 71.0 Å². The summed E-state index contributed by atoms with van der Waals surface area (Å²) in [6.45, 7) is -1.13. The first-order valence-corrected chi connectivity index (χ1v) is 8.83. The molecule has 2 aromatic rings. The molecule has 0 spiro atoms. The van der Waals surface area contributed by atoms with Gasteiger partial charge in [-0.1, -0.05) is 0 Å². The number of anilines is 1. The highest BCUT2D eigenvalue weighted by Crippen LogP contribution is 2.31. The number of amides is 1. The number of nitrogens with one attached hydrogen (secondary N) is 1. The van der Waals surface area contributed by atoms with Gasteiger partial charge in [0.15, 0.2) is 5.82 Å². The molecule has 9 heteroatoms. The van der Waals surface area contributed by atoms with Crippen LogP contribution in [0.4, 0.5) is 19.0 Å². The number of aromatic nitrogens is 3. The smallest absolute Gasteiger partial charge is 0.358 e. The van der Waals surface area contributed by atoms with Gasteiger partial charge in [-0.25, -0.2) is 9.97 Å². The highest BCUT2D eigenvalue weighted by Gasteiger charge is 2.39. The fourth-order valence-electron chi connectivity index (χ4n) is 3.59. The van der Waals surface area contributed by atoms with Gasteiger partial charge in [-0.05, 0) is 37.8 Å². The lowest BCUT2D eigenvalue weighted by molar-refractivity contribution is -0.157. The molecule has 1 amide bonds. The molecule has 0 aromatic carbocycles. The Morgan fingerprint density at radius 1 is 1.19 bits per heavy atom. The summed E-state index contributed by atoms with van der Waals surface area (Å²) in [4.78, 5) is 26.4. The third-order valence-electron chi connectivity index (χ3n) is 4.85. The highest BCUT2D eigenvalue weighted by atomic mass is 19.4. The average molecular weight is 377 g/mol. The molecule has 6 nitrogen and oxygen atoms in total. The zero-order valence-electron chi connectivity index (χ0n) is 14.5. The first-order valence-electron chi connectivity index (χ1n) is 8.83. The molecule has 1 fully saturated rings. The Hall–Kier alpha value is -2.71. The van der Waals surface area contributed by atoms with E-state index in [0.717, 1.165) is 41.0 Å². The van der Waals surface area contributed by atoms with Crippen LogP contribution in [0, 0.1) is 0 Å². The summed E-state index contributed by atoms with van der Waals surface area (Å²) in [5, 5.41) is 3.09. The predicted molar refractivity (Wildman–Crippen MR) is 92.0 cm³/mol. The number of fused-ring (bicyclic) bond motifs is 1. The van der Waals surface area contributed by atoms with Crippen LogP contribution in [0.15, 0.2) is 24.5 Å². The van der Waals surface area contributed by atoms with E-state index in [1.165, 1.54) is 0 Å². The first kappa shape index (κ1) is 17.7. The second-order valence-electron chi connectivity index (χ2n) is 6.77. The zero-order chi connectivity index (χ0) is 19.0. The lowest BCUT2D eigenvalue weighted by Crippen LogP contribution is -2.39. The largest absolute Gasteiger partial charge is 0.406 e. The molecule has 1 saturated heterocycles. The Bertz CT molecular complexity index is 856. The van der Waals surface area contributed by atoms with Crippen molar-refractivity contribution < 1.29 is 18.0 Å². The summed E-state index contributed by atoms with van der Waals surface area (Å²) in [6, 6.07) is 2.90. The molecular weight excluding hydrogens is 359 g/mol. The van der Waals surface area contributed by atoms with Crippen LogP contribution in [0.25, 0.3) is 11.4 Å². The van der Waals surface area contributed by atoms with E-state index in [1.807, 2.05) is 0 Å². The third-order valence-corrected chi connectivity index (χ3v) is 4.85. The molecule has 1 N–H and O–H groups in total. The van der Waals surface area contributed by atoms with E-state index in [-0.39, 0.29) is 6.54 Å². The van der Waals surface area contributed by atoms with E-state index < -0.39 is 24.7 Å². The van der Waals surface area contributed by atoms with Gasteiger partial charge in [-0.3, -0.25) is 9.78 Å². The molecule has 0 saturated carbocycles. The predicted octanol–water partition coefficient (Wildman–Crippen LogP) is 2.60. The molecule has 2 aliphatic rings. The summed E-state index contributed by atoms with van der Waals surface area (Å²) in [5.74, 6) is 0.540. The quantitative estimate of drug-likeness (QED) is 0.887. The molecule has 3 heterocycles. The van der Waals surface area contributed by atoms with E-state index in [9.17, 15) is 18.0 Å². The molecule has 142 valence electrons. The van der Waals surface area contributed by atoms with Crippen molar-refractivity contribution in [3.63, 3.8) is 0 Å². The summed E-state index contributed by atoms with van der Waals surface area (Å²) < 4.78 is 37.8. The number of likely N-dealkylation sites (tertiary alicyclic amines) is 1. The number of pyridine rings is 1. The number of nitrogens with zero attached hydrogens (tertiary/aromatic N) is 4. The van der Waals surface area contributed by atoms with Crippen molar-refractivity contribution in [2.24, 2.45) is 0 Å². The summed E-state index contributed by atoms with van der Waals surface area (Å²) >= 11 is 0. The number of rotatable bonds is 4. The number of hydrogen-bond donors (Lipinski definition) is 1. The minimum absolute atomic E-state index is 0.0838. The van der Waals surface area contributed by atoms with Crippen LogP contribution in [0.5, 0.6) is 0 Å². The number of halogens is 3. The maximum absolute atomic E-state index is 12.6. The molecule has 1 aliphatic heterocycles. The second-order valence-corrected chi connectivity index (χ2v) is 6.77. The van der Waals surface area contributed by atoms with Gasteiger partial charge in [0.25, 0.3) is 0 Å². The number of carbonyl (C=O) groups excluding carboxylic acids is 1. The van der Waals surface area contributed by atoms with E-state index in [0.29, 0.717) is 18.1 Å². The van der Waals surface area contributed by atoms with Crippen molar-refractivity contribution in [1.29, 1.82) is 0 Å². The minimum atomic E-state index is -4.39. The van der Waals surface area contributed by atoms with Crippen LogP contribution < -0.4 is 5.32 Å². The van der Waals surface area contributed by atoms with Crippen LogP contribution >= 0.6 is 0 Å². The van der Waals surface area contributed by atoms with Gasteiger partial charge in [0.2, 0.25) is 5.91 Å². The third kappa shape index (κ3) is 3.72. The van der Waals surface area contributed by atoms with Gasteiger partial charge < -0.3 is 10.2 Å². The normalized spacial score (nSPS) is 19.4. The maximum Gasteiger partial charge on any atom is 0.406 e. The number of carbonyl (C=O) groups is 1. The summed E-state index contributed by atoms with van der Waals surface area (Å²) in [6.07, 6.45) is 1.78. The van der Waals surface area contributed by atoms with Gasteiger partial charge in [0.05, 0.1) is 0 Å². The number of aryl methyl sites for hydroxylation is 1. The van der Waals surface area contributed by atoms with Crippen molar-refractivity contribution in [1.82, 2.24) is 19.9 Å². The van der Waals surface area contributed by atoms with Crippen molar-refractivity contribution in [3.05, 3.63) is 35.8 Å². The summed E-state index contributed by atoms with van der Waals surface area (Å²) in [5.41, 5.74) is 2.69. The maximum atomic E-state index is 12.6. The number of alkyl halides is 3. The lowest BCUT2D eigenvalue weighted by atomic mass is 10.2. The standard InChI is InChI=1S/C18H18F3N5O/c19-18(20,21)10-26-9-6-14(17(26)27)24-16-12-2-1-3-13(12)23-15(25-16)11-4-7-22-8-5-11/h4-5,7-8,14H,1-3,6,9-10H2,(H,23,24,25). The van der Waals surface area contributed by atoms with Crippen molar-refractivity contribution in [2.75, 3.05) is 18.4 Å². The van der Waals surface area contributed by atoms with Gasteiger partial charge in [0, 0.05) is 35.8 Å².